The van der Waals surface area contributed by atoms with Gasteiger partial charge in [0.2, 0.25) is 6.41 Å². The Labute approximate surface area is 273 Å². The van der Waals surface area contributed by atoms with Gasteiger partial charge in [-0.3, -0.25) is 9.79 Å². The minimum absolute atomic E-state index is 0.0872. The lowest BCUT2D eigenvalue weighted by Gasteiger charge is -2.49. The second kappa shape index (κ2) is 15.0. The zero-order chi connectivity index (χ0) is 33.6. The first kappa shape index (κ1) is 36.3. The predicted molar refractivity (Wildman–Crippen MR) is 185 cm³/mol. The van der Waals surface area contributed by atoms with Crippen LogP contribution in [0.5, 0.6) is 5.75 Å². The van der Waals surface area contributed by atoms with Gasteiger partial charge in [0.1, 0.15) is 11.4 Å². The van der Waals surface area contributed by atoms with E-state index in [1.165, 1.54) is 0 Å². The summed E-state index contributed by atoms with van der Waals surface area (Å²) in [5, 5.41) is 0. The van der Waals surface area contributed by atoms with Crippen LogP contribution >= 0.6 is 0 Å². The molecule has 1 fully saturated rings. The Balaban J connectivity index is 2.09. The van der Waals surface area contributed by atoms with Gasteiger partial charge in [-0.2, -0.15) is 0 Å². The van der Waals surface area contributed by atoms with E-state index in [0.29, 0.717) is 11.5 Å². The zero-order valence-corrected chi connectivity index (χ0v) is 29.8. The molecule has 1 atom stereocenters. The Morgan fingerprint density at radius 2 is 1.47 bits per heavy atom. The van der Waals surface area contributed by atoms with Gasteiger partial charge in [0.05, 0.1) is 23.8 Å². The molecule has 6 nitrogen and oxygen atoms in total. The summed E-state index contributed by atoms with van der Waals surface area (Å²) < 4.78 is 11.3. The number of benzene rings is 2. The van der Waals surface area contributed by atoms with Crippen molar-refractivity contribution < 1.29 is 19.1 Å². The van der Waals surface area contributed by atoms with Crippen molar-refractivity contribution in [2.45, 2.75) is 139 Å². The Hall–Kier alpha value is -3.15. The van der Waals surface area contributed by atoms with E-state index in [-0.39, 0.29) is 35.0 Å². The monoisotopic (exact) mass is 618 g/mol. The van der Waals surface area contributed by atoms with E-state index in [2.05, 4.69) is 60.6 Å². The van der Waals surface area contributed by atoms with E-state index < -0.39 is 5.66 Å². The normalized spacial score (nSPS) is 20.2. The molecule has 2 aromatic carbocycles. The van der Waals surface area contributed by atoms with Crippen LogP contribution in [0.2, 0.25) is 0 Å². The summed E-state index contributed by atoms with van der Waals surface area (Å²) in [4.78, 5) is 33.5. The van der Waals surface area contributed by atoms with Crippen LogP contribution in [0.3, 0.4) is 0 Å². The van der Waals surface area contributed by atoms with Gasteiger partial charge in [0, 0.05) is 5.71 Å². The molecule has 0 aromatic heterocycles. The molecule has 1 amide bonds. The lowest BCUT2D eigenvalue weighted by Crippen LogP contribution is -2.52. The molecule has 6 heteroatoms. The highest BCUT2D eigenvalue weighted by atomic mass is 16.5. The Morgan fingerprint density at radius 3 is 1.93 bits per heavy atom. The van der Waals surface area contributed by atoms with Crippen LogP contribution in [0, 0.1) is 16.7 Å². The van der Waals surface area contributed by atoms with Crippen molar-refractivity contribution in [3.8, 4) is 5.75 Å². The molecule has 0 aliphatic heterocycles. The van der Waals surface area contributed by atoms with Gasteiger partial charge in [-0.15, -0.1) is 0 Å². The van der Waals surface area contributed by atoms with Crippen molar-refractivity contribution >= 4 is 18.1 Å². The molecule has 0 heterocycles. The van der Waals surface area contributed by atoms with Gasteiger partial charge in [-0.05, 0) is 137 Å². The minimum atomic E-state index is -0.682. The fourth-order valence-electron chi connectivity index (χ4n) is 6.42. The Kier molecular flexibility index (Phi) is 12.1. The lowest BCUT2D eigenvalue weighted by atomic mass is 9.69. The molecule has 0 radical (unpaired) electrons. The number of hydrogen-bond donors (Lipinski definition) is 0. The first-order valence-corrected chi connectivity index (χ1v) is 16.8. The number of carbonyl (C=O) groups is 2. The number of nitrogens with zero attached hydrogens (tertiary/aromatic N) is 2. The summed E-state index contributed by atoms with van der Waals surface area (Å²) in [7, 11) is 0. The fraction of sp³-hybridized carbons (Fsp3) is 0.615. The minimum Gasteiger partial charge on any atom is -0.491 e. The lowest BCUT2D eigenvalue weighted by molar-refractivity contribution is -0.130. The van der Waals surface area contributed by atoms with Gasteiger partial charge < -0.3 is 14.4 Å². The van der Waals surface area contributed by atoms with Gasteiger partial charge >= 0.3 is 5.97 Å². The highest BCUT2D eigenvalue weighted by Gasteiger charge is 2.45. The van der Waals surface area contributed by atoms with Crippen molar-refractivity contribution in [2.75, 3.05) is 0 Å². The molecular formula is C39H58N2O4. The summed E-state index contributed by atoms with van der Waals surface area (Å²) in [6.07, 6.45) is 6.25. The molecule has 1 unspecified atom stereocenters. The highest BCUT2D eigenvalue weighted by molar-refractivity contribution is 5.99. The highest BCUT2D eigenvalue weighted by Crippen LogP contribution is 2.47. The van der Waals surface area contributed by atoms with Crippen molar-refractivity contribution in [1.29, 1.82) is 0 Å². The molecule has 0 spiro atoms. The number of esters is 1. The first-order valence-electron chi connectivity index (χ1n) is 16.8. The topological polar surface area (TPSA) is 68.2 Å². The van der Waals surface area contributed by atoms with Crippen LogP contribution in [0.25, 0.3) is 0 Å². The molecule has 3 rings (SSSR count). The molecule has 0 N–H and O–H groups in total. The van der Waals surface area contributed by atoms with E-state index in [0.717, 1.165) is 67.5 Å². The number of carbonyl (C=O) groups excluding carboxylic acids is 2. The summed E-state index contributed by atoms with van der Waals surface area (Å²) in [6.45, 7) is 23.4. The van der Waals surface area contributed by atoms with Crippen LogP contribution in [-0.2, 0) is 9.53 Å². The molecule has 1 aliphatic rings. The third-order valence-electron chi connectivity index (χ3n) is 9.00. The Bertz CT molecular complexity index is 1270. The number of rotatable bonds is 12. The number of hydrogen-bond acceptors (Lipinski definition) is 5. The molecule has 2 aromatic rings. The summed E-state index contributed by atoms with van der Waals surface area (Å²) in [5.74, 6) is 1.05. The van der Waals surface area contributed by atoms with Gasteiger partial charge in [0.15, 0.2) is 0 Å². The van der Waals surface area contributed by atoms with E-state index in [4.69, 9.17) is 14.5 Å². The average Bonchev–Trinajstić information content (AvgIpc) is 2.94. The number of aliphatic imine (C=N–C) groups is 1. The van der Waals surface area contributed by atoms with Crippen molar-refractivity contribution in [1.82, 2.24) is 4.90 Å². The van der Waals surface area contributed by atoms with Crippen LogP contribution in [0.15, 0.2) is 53.5 Å². The SMILES string of the molecule is C/C(=N\C1(N(C=O)C(CCC(C)(C)C)c2ccc(C(=O)OC(C)C)cc2)CCC(C(C)(C)C)CC1)c1ccc(OC(C)C)cc1. The third kappa shape index (κ3) is 10.2. The quantitative estimate of drug-likeness (QED) is 0.135. The maximum atomic E-state index is 13.4. The average molecular weight is 619 g/mol. The van der Waals surface area contributed by atoms with Crippen molar-refractivity contribution in [3.63, 3.8) is 0 Å². The molecular weight excluding hydrogens is 560 g/mol. The van der Waals surface area contributed by atoms with Crippen molar-refractivity contribution in [3.05, 3.63) is 65.2 Å². The van der Waals surface area contributed by atoms with Gasteiger partial charge in [0.25, 0.3) is 0 Å². The van der Waals surface area contributed by atoms with Crippen LogP contribution < -0.4 is 4.74 Å². The summed E-state index contributed by atoms with van der Waals surface area (Å²) >= 11 is 0. The standard InChI is InChI=1S/C39H58N2O4/c1-27(2)44-34-18-16-30(17-19-34)29(5)40-39(24-20-33(21-25-39)38(9,10)11)41(26-42)35(22-23-37(6,7)8)31-12-14-32(15-13-31)36(43)45-28(3)4/h12-19,26-28,33,35H,20-25H2,1-11H3/b40-29+. The summed E-state index contributed by atoms with van der Waals surface area (Å²) in [5.41, 5.74) is 3.05. The molecule has 1 aliphatic carbocycles. The molecule has 0 bridgehead atoms. The smallest absolute Gasteiger partial charge is 0.338 e. The maximum absolute atomic E-state index is 13.4. The molecule has 45 heavy (non-hydrogen) atoms. The van der Waals surface area contributed by atoms with Crippen LogP contribution in [-0.4, -0.2) is 40.9 Å². The van der Waals surface area contributed by atoms with E-state index >= 15 is 0 Å². The largest absolute Gasteiger partial charge is 0.491 e. The second-order valence-corrected chi connectivity index (χ2v) is 15.7. The molecule has 1 saturated carbocycles. The van der Waals surface area contributed by atoms with E-state index in [1.54, 1.807) is 0 Å². The van der Waals surface area contributed by atoms with Crippen LogP contribution in [0.1, 0.15) is 142 Å². The van der Waals surface area contributed by atoms with E-state index in [9.17, 15) is 9.59 Å². The third-order valence-corrected chi connectivity index (χ3v) is 9.00. The predicted octanol–water partition coefficient (Wildman–Crippen LogP) is 9.81. The Morgan fingerprint density at radius 1 is 0.911 bits per heavy atom. The zero-order valence-electron chi connectivity index (χ0n) is 29.8. The fourth-order valence-corrected chi connectivity index (χ4v) is 6.42. The number of amides is 1. The molecule has 248 valence electrons. The number of ether oxygens (including phenoxy) is 2. The van der Waals surface area contributed by atoms with Crippen LogP contribution in [0.4, 0.5) is 0 Å². The van der Waals surface area contributed by atoms with Gasteiger partial charge in [-0.25, -0.2) is 4.79 Å². The van der Waals surface area contributed by atoms with Crippen molar-refractivity contribution in [2.24, 2.45) is 21.7 Å². The summed E-state index contributed by atoms with van der Waals surface area (Å²) in [6, 6.07) is 15.5. The maximum Gasteiger partial charge on any atom is 0.338 e. The first-order chi connectivity index (χ1) is 20.9. The van der Waals surface area contributed by atoms with E-state index in [1.807, 2.05) is 69.0 Å². The molecule has 0 saturated heterocycles. The second-order valence-electron chi connectivity index (χ2n) is 15.7. The van der Waals surface area contributed by atoms with Gasteiger partial charge in [-0.1, -0.05) is 53.7 Å².